The monoisotopic (exact) mass is 207 g/mol. The molecule has 0 bridgehead atoms. The molecule has 2 heteroatoms. The molecule has 1 aromatic heterocycles. The lowest BCUT2D eigenvalue weighted by Crippen LogP contribution is -2.31. The van der Waals surface area contributed by atoms with Gasteiger partial charge in [-0.25, -0.2) is 4.39 Å². The minimum Gasteiger partial charge on any atom is -0.261 e. The van der Waals surface area contributed by atoms with Gasteiger partial charge in [0.25, 0.3) is 0 Å². The Morgan fingerprint density at radius 2 is 2.13 bits per heavy atom. The predicted molar refractivity (Wildman–Crippen MR) is 59.0 cm³/mol. The third-order valence-electron chi connectivity index (χ3n) is 3.29. The molecule has 1 aromatic rings. The van der Waals surface area contributed by atoms with E-state index in [-0.39, 0.29) is 5.82 Å². The molecular formula is C13H18FN. The van der Waals surface area contributed by atoms with Gasteiger partial charge in [0.1, 0.15) is 5.82 Å². The zero-order valence-electron chi connectivity index (χ0n) is 9.46. The molecule has 1 fully saturated rings. The Balaban J connectivity index is 1.80. The Hall–Kier alpha value is -0.920. The van der Waals surface area contributed by atoms with E-state index >= 15 is 0 Å². The van der Waals surface area contributed by atoms with Crippen LogP contribution < -0.4 is 0 Å². The van der Waals surface area contributed by atoms with Gasteiger partial charge in [-0.05, 0) is 48.6 Å². The Bertz CT molecular complexity index is 338. The normalized spacial score (nSPS) is 19.9. The van der Waals surface area contributed by atoms with Crippen molar-refractivity contribution in [1.29, 1.82) is 0 Å². The molecule has 82 valence electrons. The van der Waals surface area contributed by atoms with Crippen LogP contribution in [0.3, 0.4) is 0 Å². The topological polar surface area (TPSA) is 12.9 Å². The average Bonchev–Trinajstić information content (AvgIpc) is 2.11. The Kier molecular flexibility index (Phi) is 2.76. The van der Waals surface area contributed by atoms with Gasteiger partial charge in [0, 0.05) is 6.20 Å². The van der Waals surface area contributed by atoms with E-state index in [2.05, 4.69) is 18.8 Å². The standard InChI is InChI=1S/C13H18FN/c1-13(2)6-11(7-13)4-3-10-5-12(14)9-15-8-10/h5,8-9,11H,3-4,6-7H2,1-2H3. The number of aryl methyl sites for hydroxylation is 1. The van der Waals surface area contributed by atoms with Gasteiger partial charge in [0.05, 0.1) is 6.20 Å². The molecule has 0 N–H and O–H groups in total. The first kappa shape index (κ1) is 10.6. The highest BCUT2D eigenvalue weighted by atomic mass is 19.1. The lowest BCUT2D eigenvalue weighted by Gasteiger charge is -2.42. The first-order valence-corrected chi connectivity index (χ1v) is 5.65. The fourth-order valence-corrected chi connectivity index (χ4v) is 2.67. The molecule has 15 heavy (non-hydrogen) atoms. The third-order valence-corrected chi connectivity index (χ3v) is 3.29. The second-order valence-electron chi connectivity index (χ2n) is 5.49. The molecule has 0 atom stereocenters. The van der Waals surface area contributed by atoms with Gasteiger partial charge in [-0.15, -0.1) is 0 Å². The zero-order chi connectivity index (χ0) is 10.9. The summed E-state index contributed by atoms with van der Waals surface area (Å²) in [6.07, 6.45) is 7.80. The highest BCUT2D eigenvalue weighted by Crippen LogP contribution is 2.46. The van der Waals surface area contributed by atoms with Crippen molar-refractivity contribution in [1.82, 2.24) is 4.98 Å². The van der Waals surface area contributed by atoms with Crippen LogP contribution in [0, 0.1) is 17.2 Å². The van der Waals surface area contributed by atoms with Gasteiger partial charge in [0.15, 0.2) is 0 Å². The Labute approximate surface area is 90.7 Å². The molecule has 0 saturated heterocycles. The lowest BCUT2D eigenvalue weighted by atomic mass is 9.63. The second-order valence-corrected chi connectivity index (χ2v) is 5.49. The maximum atomic E-state index is 12.8. The quantitative estimate of drug-likeness (QED) is 0.738. The summed E-state index contributed by atoms with van der Waals surface area (Å²) in [7, 11) is 0. The molecule has 1 nitrogen and oxygen atoms in total. The summed E-state index contributed by atoms with van der Waals surface area (Å²) in [6.45, 7) is 4.63. The van der Waals surface area contributed by atoms with Crippen molar-refractivity contribution in [3.05, 3.63) is 29.8 Å². The highest BCUT2D eigenvalue weighted by Gasteiger charge is 2.35. The fraction of sp³-hybridized carbons (Fsp3) is 0.615. The largest absolute Gasteiger partial charge is 0.261 e. The lowest BCUT2D eigenvalue weighted by molar-refractivity contribution is 0.0901. The van der Waals surface area contributed by atoms with E-state index in [0.29, 0.717) is 5.41 Å². The minimum absolute atomic E-state index is 0.221. The Morgan fingerprint density at radius 3 is 2.73 bits per heavy atom. The first-order valence-electron chi connectivity index (χ1n) is 5.65. The molecule has 0 aromatic carbocycles. The number of rotatable bonds is 3. The van der Waals surface area contributed by atoms with E-state index in [1.54, 1.807) is 12.3 Å². The summed E-state index contributed by atoms with van der Waals surface area (Å²) >= 11 is 0. The van der Waals surface area contributed by atoms with Crippen molar-refractivity contribution in [2.75, 3.05) is 0 Å². The van der Waals surface area contributed by atoms with Crippen LogP contribution in [0.2, 0.25) is 0 Å². The number of hydrogen-bond acceptors (Lipinski definition) is 1. The van der Waals surface area contributed by atoms with Crippen molar-refractivity contribution in [3.8, 4) is 0 Å². The summed E-state index contributed by atoms with van der Waals surface area (Å²) in [5.74, 6) is 0.615. The number of nitrogens with zero attached hydrogens (tertiary/aromatic N) is 1. The van der Waals surface area contributed by atoms with Gasteiger partial charge in [0.2, 0.25) is 0 Å². The maximum Gasteiger partial charge on any atom is 0.141 e. The molecule has 0 unspecified atom stereocenters. The number of pyridine rings is 1. The summed E-state index contributed by atoms with van der Waals surface area (Å²) in [5, 5.41) is 0. The Morgan fingerprint density at radius 1 is 1.40 bits per heavy atom. The van der Waals surface area contributed by atoms with Gasteiger partial charge < -0.3 is 0 Å². The SMILES string of the molecule is CC1(C)CC(CCc2cncc(F)c2)C1. The predicted octanol–water partition coefficient (Wildman–Crippen LogP) is 3.59. The molecule has 1 aliphatic carbocycles. The van der Waals surface area contributed by atoms with E-state index in [9.17, 15) is 4.39 Å². The smallest absolute Gasteiger partial charge is 0.141 e. The molecule has 1 aliphatic rings. The van der Waals surface area contributed by atoms with Gasteiger partial charge in [-0.2, -0.15) is 0 Å². The van der Waals surface area contributed by atoms with Gasteiger partial charge >= 0.3 is 0 Å². The van der Waals surface area contributed by atoms with E-state index in [1.807, 2.05) is 0 Å². The minimum atomic E-state index is -0.221. The van der Waals surface area contributed by atoms with Gasteiger partial charge in [-0.3, -0.25) is 4.98 Å². The van der Waals surface area contributed by atoms with Crippen molar-refractivity contribution >= 4 is 0 Å². The van der Waals surface area contributed by atoms with Crippen LogP contribution in [0.25, 0.3) is 0 Å². The van der Waals surface area contributed by atoms with E-state index < -0.39 is 0 Å². The molecule has 1 saturated carbocycles. The van der Waals surface area contributed by atoms with Crippen LogP contribution in [0.15, 0.2) is 18.5 Å². The third kappa shape index (κ3) is 2.77. The van der Waals surface area contributed by atoms with Crippen molar-refractivity contribution in [3.63, 3.8) is 0 Å². The molecule has 0 amide bonds. The summed E-state index contributed by atoms with van der Waals surface area (Å²) in [6, 6.07) is 1.59. The molecule has 0 aliphatic heterocycles. The van der Waals surface area contributed by atoms with E-state index in [4.69, 9.17) is 0 Å². The van der Waals surface area contributed by atoms with Crippen LogP contribution in [0.1, 0.15) is 38.7 Å². The maximum absolute atomic E-state index is 12.8. The number of hydrogen-bond donors (Lipinski definition) is 0. The van der Waals surface area contributed by atoms with Crippen LogP contribution in [-0.2, 0) is 6.42 Å². The summed E-state index contributed by atoms with van der Waals surface area (Å²) in [4.78, 5) is 3.86. The fourth-order valence-electron chi connectivity index (χ4n) is 2.67. The van der Waals surface area contributed by atoms with Crippen LogP contribution in [-0.4, -0.2) is 4.98 Å². The summed E-state index contributed by atoms with van der Waals surface area (Å²) in [5.41, 5.74) is 1.57. The molecule has 0 spiro atoms. The van der Waals surface area contributed by atoms with Gasteiger partial charge in [-0.1, -0.05) is 13.8 Å². The zero-order valence-corrected chi connectivity index (χ0v) is 9.46. The average molecular weight is 207 g/mol. The number of halogens is 1. The molecular weight excluding hydrogens is 189 g/mol. The van der Waals surface area contributed by atoms with E-state index in [1.165, 1.54) is 25.5 Å². The van der Waals surface area contributed by atoms with Crippen molar-refractivity contribution < 1.29 is 4.39 Å². The van der Waals surface area contributed by atoms with E-state index in [0.717, 1.165) is 17.9 Å². The van der Waals surface area contributed by atoms with Crippen LogP contribution >= 0.6 is 0 Å². The second kappa shape index (κ2) is 3.92. The summed E-state index contributed by atoms with van der Waals surface area (Å²) < 4.78 is 12.8. The number of aromatic nitrogens is 1. The van der Waals surface area contributed by atoms with Crippen LogP contribution in [0.5, 0.6) is 0 Å². The van der Waals surface area contributed by atoms with Crippen molar-refractivity contribution in [2.45, 2.75) is 39.5 Å². The highest BCUT2D eigenvalue weighted by molar-refractivity contribution is 5.10. The molecule has 1 heterocycles. The molecule has 0 radical (unpaired) electrons. The van der Waals surface area contributed by atoms with Crippen LogP contribution in [0.4, 0.5) is 4.39 Å². The van der Waals surface area contributed by atoms with Crippen molar-refractivity contribution in [2.24, 2.45) is 11.3 Å². The first-order chi connectivity index (χ1) is 7.05. The molecule has 2 rings (SSSR count).